The van der Waals surface area contributed by atoms with Gasteiger partial charge in [0.1, 0.15) is 5.54 Å². The molecule has 4 nitrogen and oxygen atoms in total. The molecule has 17 heavy (non-hydrogen) atoms. The van der Waals surface area contributed by atoms with E-state index in [1.807, 2.05) is 11.8 Å². The van der Waals surface area contributed by atoms with Gasteiger partial charge in [0.15, 0.2) is 0 Å². The van der Waals surface area contributed by atoms with E-state index in [-0.39, 0.29) is 18.4 Å². The molecule has 2 fully saturated rings. The molecule has 1 saturated heterocycles. The highest BCUT2D eigenvalue weighted by atomic mass is 16.2. The monoisotopic (exact) mass is 238 g/mol. The molecular formula is C13H22N2O2. The number of rotatable bonds is 4. The van der Waals surface area contributed by atoms with Gasteiger partial charge in [-0.1, -0.05) is 13.8 Å². The Bertz CT molecular complexity index is 336. The van der Waals surface area contributed by atoms with E-state index in [1.54, 1.807) is 0 Å². The van der Waals surface area contributed by atoms with Crippen LogP contribution in [0.1, 0.15) is 40.0 Å². The number of carbonyl (C=O) groups is 2. The van der Waals surface area contributed by atoms with Crippen molar-refractivity contribution < 1.29 is 9.59 Å². The smallest absolute Gasteiger partial charge is 0.246 e. The van der Waals surface area contributed by atoms with Crippen LogP contribution in [0.2, 0.25) is 0 Å². The molecule has 1 unspecified atom stereocenters. The Balaban J connectivity index is 2.16. The highest BCUT2D eigenvalue weighted by Gasteiger charge is 2.54. The van der Waals surface area contributed by atoms with Crippen LogP contribution in [0.25, 0.3) is 0 Å². The second kappa shape index (κ2) is 4.31. The molecule has 0 aromatic heterocycles. The van der Waals surface area contributed by atoms with Gasteiger partial charge in [0.2, 0.25) is 11.8 Å². The molecule has 0 spiro atoms. The first-order valence-electron chi connectivity index (χ1n) is 6.55. The van der Waals surface area contributed by atoms with Crippen LogP contribution in [-0.2, 0) is 9.59 Å². The van der Waals surface area contributed by atoms with E-state index in [9.17, 15) is 9.59 Å². The van der Waals surface area contributed by atoms with Crippen molar-refractivity contribution in [3.63, 3.8) is 0 Å². The molecule has 1 atom stereocenters. The van der Waals surface area contributed by atoms with Crippen molar-refractivity contribution in [1.29, 1.82) is 0 Å². The summed E-state index contributed by atoms with van der Waals surface area (Å²) in [4.78, 5) is 25.9. The third kappa shape index (κ3) is 2.17. The number of piperazine rings is 1. The number of hydrogen-bond acceptors (Lipinski definition) is 2. The average Bonchev–Trinajstić information content (AvgIpc) is 3.07. The molecule has 0 aromatic carbocycles. The van der Waals surface area contributed by atoms with Crippen LogP contribution in [0.4, 0.5) is 0 Å². The second-order valence-corrected chi connectivity index (χ2v) is 5.83. The van der Waals surface area contributed by atoms with Crippen molar-refractivity contribution >= 4 is 11.8 Å². The van der Waals surface area contributed by atoms with Gasteiger partial charge in [0, 0.05) is 6.54 Å². The van der Waals surface area contributed by atoms with Crippen LogP contribution in [-0.4, -0.2) is 35.3 Å². The third-order valence-corrected chi connectivity index (χ3v) is 4.02. The van der Waals surface area contributed by atoms with Crippen molar-refractivity contribution in [2.75, 3.05) is 13.1 Å². The number of nitrogens with zero attached hydrogens (tertiary/aromatic N) is 1. The van der Waals surface area contributed by atoms with E-state index in [2.05, 4.69) is 19.2 Å². The standard InChI is InChI=1S/C13H22N2O2/c1-9(2)6-7-15-11(16)8-14-12(17)13(15,3)10-4-5-10/h9-10H,4-8H2,1-3H3,(H,14,17). The quantitative estimate of drug-likeness (QED) is 0.799. The van der Waals surface area contributed by atoms with Gasteiger partial charge in [-0.3, -0.25) is 9.59 Å². The Hall–Kier alpha value is -1.06. The maximum absolute atomic E-state index is 12.1. The third-order valence-electron chi connectivity index (χ3n) is 4.02. The predicted molar refractivity (Wildman–Crippen MR) is 65.3 cm³/mol. The lowest BCUT2D eigenvalue weighted by atomic mass is 9.89. The summed E-state index contributed by atoms with van der Waals surface area (Å²) in [5.74, 6) is 1.01. The fraction of sp³-hybridized carbons (Fsp3) is 0.846. The normalized spacial score (nSPS) is 29.8. The van der Waals surface area contributed by atoms with Gasteiger partial charge in [-0.25, -0.2) is 0 Å². The van der Waals surface area contributed by atoms with Gasteiger partial charge < -0.3 is 10.2 Å². The van der Waals surface area contributed by atoms with Crippen LogP contribution < -0.4 is 5.32 Å². The Kier molecular flexibility index (Phi) is 3.15. The van der Waals surface area contributed by atoms with Gasteiger partial charge in [0.05, 0.1) is 6.54 Å². The zero-order valence-corrected chi connectivity index (χ0v) is 11.0. The largest absolute Gasteiger partial charge is 0.345 e. The van der Waals surface area contributed by atoms with Crippen LogP contribution in [0.15, 0.2) is 0 Å². The summed E-state index contributed by atoms with van der Waals surface area (Å²) in [7, 11) is 0. The second-order valence-electron chi connectivity index (χ2n) is 5.83. The fourth-order valence-electron chi connectivity index (χ4n) is 2.61. The molecular weight excluding hydrogens is 216 g/mol. The predicted octanol–water partition coefficient (Wildman–Crippen LogP) is 1.16. The van der Waals surface area contributed by atoms with Crippen LogP contribution >= 0.6 is 0 Å². The van der Waals surface area contributed by atoms with E-state index >= 15 is 0 Å². The van der Waals surface area contributed by atoms with E-state index in [0.29, 0.717) is 18.4 Å². The van der Waals surface area contributed by atoms with Crippen molar-refractivity contribution in [3.05, 3.63) is 0 Å². The van der Waals surface area contributed by atoms with Gasteiger partial charge in [-0.2, -0.15) is 0 Å². The summed E-state index contributed by atoms with van der Waals surface area (Å²) < 4.78 is 0. The zero-order valence-electron chi connectivity index (χ0n) is 11.0. The van der Waals surface area contributed by atoms with Crippen LogP contribution in [0.5, 0.6) is 0 Å². The van der Waals surface area contributed by atoms with Gasteiger partial charge in [0.25, 0.3) is 0 Å². The molecule has 1 aliphatic carbocycles. The Morgan fingerprint density at radius 2 is 2.06 bits per heavy atom. The first-order chi connectivity index (χ1) is 7.96. The van der Waals surface area contributed by atoms with Gasteiger partial charge in [-0.05, 0) is 38.0 Å². The molecule has 1 N–H and O–H groups in total. The summed E-state index contributed by atoms with van der Waals surface area (Å²) >= 11 is 0. The highest BCUT2D eigenvalue weighted by molar-refractivity contribution is 5.98. The van der Waals surface area contributed by atoms with Gasteiger partial charge >= 0.3 is 0 Å². The van der Waals surface area contributed by atoms with Crippen molar-refractivity contribution in [3.8, 4) is 0 Å². The molecule has 0 aromatic rings. The first kappa shape index (κ1) is 12.4. The van der Waals surface area contributed by atoms with E-state index in [1.165, 1.54) is 0 Å². The lowest BCUT2D eigenvalue weighted by Crippen LogP contribution is -2.67. The topological polar surface area (TPSA) is 49.4 Å². The van der Waals surface area contributed by atoms with E-state index in [0.717, 1.165) is 19.3 Å². The van der Waals surface area contributed by atoms with Crippen molar-refractivity contribution in [2.24, 2.45) is 11.8 Å². The minimum atomic E-state index is -0.593. The molecule has 1 heterocycles. The zero-order chi connectivity index (χ0) is 12.6. The molecule has 96 valence electrons. The summed E-state index contributed by atoms with van der Waals surface area (Å²) in [5.41, 5.74) is -0.593. The average molecular weight is 238 g/mol. The highest BCUT2D eigenvalue weighted by Crippen LogP contribution is 2.44. The lowest BCUT2D eigenvalue weighted by molar-refractivity contribution is -0.154. The molecule has 1 aliphatic heterocycles. The molecule has 2 aliphatic rings. The maximum atomic E-state index is 12.1. The lowest BCUT2D eigenvalue weighted by Gasteiger charge is -2.44. The molecule has 1 saturated carbocycles. The number of carbonyl (C=O) groups excluding carboxylic acids is 2. The van der Waals surface area contributed by atoms with Crippen molar-refractivity contribution in [2.45, 2.75) is 45.6 Å². The Morgan fingerprint density at radius 1 is 1.41 bits per heavy atom. The Morgan fingerprint density at radius 3 is 2.59 bits per heavy atom. The van der Waals surface area contributed by atoms with Gasteiger partial charge in [-0.15, -0.1) is 0 Å². The SMILES string of the molecule is CC(C)CCN1C(=O)CNC(=O)C1(C)C1CC1. The Labute approximate surface area is 103 Å². The minimum Gasteiger partial charge on any atom is -0.345 e. The summed E-state index contributed by atoms with van der Waals surface area (Å²) in [6.07, 6.45) is 3.09. The van der Waals surface area contributed by atoms with E-state index in [4.69, 9.17) is 0 Å². The van der Waals surface area contributed by atoms with Crippen LogP contribution in [0, 0.1) is 11.8 Å². The molecule has 2 rings (SSSR count). The summed E-state index contributed by atoms with van der Waals surface area (Å²) in [5, 5.41) is 2.73. The summed E-state index contributed by atoms with van der Waals surface area (Å²) in [6.45, 7) is 7.08. The molecule has 0 radical (unpaired) electrons. The minimum absolute atomic E-state index is 0.0309. The summed E-state index contributed by atoms with van der Waals surface area (Å²) in [6, 6.07) is 0. The fourth-order valence-corrected chi connectivity index (χ4v) is 2.61. The molecule has 4 heteroatoms. The number of nitrogens with one attached hydrogen (secondary N) is 1. The number of hydrogen-bond donors (Lipinski definition) is 1. The number of amides is 2. The maximum Gasteiger partial charge on any atom is 0.246 e. The van der Waals surface area contributed by atoms with Crippen LogP contribution in [0.3, 0.4) is 0 Å². The molecule has 0 bridgehead atoms. The molecule has 2 amide bonds. The van der Waals surface area contributed by atoms with Crippen molar-refractivity contribution in [1.82, 2.24) is 10.2 Å². The van der Waals surface area contributed by atoms with E-state index < -0.39 is 5.54 Å². The first-order valence-corrected chi connectivity index (χ1v) is 6.55.